The highest BCUT2D eigenvalue weighted by Crippen LogP contribution is 2.43. The molecule has 1 fully saturated rings. The van der Waals surface area contributed by atoms with Crippen molar-refractivity contribution in [3.8, 4) is 0 Å². The quantitative estimate of drug-likeness (QED) is 0.844. The second-order valence-electron chi connectivity index (χ2n) is 5.02. The molecule has 0 bridgehead atoms. The molecule has 1 saturated carbocycles. The molecule has 0 aliphatic heterocycles. The van der Waals surface area contributed by atoms with Gasteiger partial charge < -0.3 is 5.32 Å². The Morgan fingerprint density at radius 3 is 2.76 bits per heavy atom. The average molecular weight is 256 g/mol. The summed E-state index contributed by atoms with van der Waals surface area (Å²) in [6.07, 6.45) is 4.43. The van der Waals surface area contributed by atoms with Gasteiger partial charge in [0.25, 0.3) is 0 Å². The molecule has 1 aromatic rings. The van der Waals surface area contributed by atoms with Gasteiger partial charge in [0.1, 0.15) is 5.82 Å². The summed E-state index contributed by atoms with van der Waals surface area (Å²) in [5.41, 5.74) is 1.01. The number of nitrogens with one attached hydrogen (secondary N) is 1. The molecule has 17 heavy (non-hydrogen) atoms. The van der Waals surface area contributed by atoms with Crippen LogP contribution < -0.4 is 5.32 Å². The summed E-state index contributed by atoms with van der Waals surface area (Å²) in [6, 6.07) is 5.30. The summed E-state index contributed by atoms with van der Waals surface area (Å²) in [4.78, 5) is 0. The highest BCUT2D eigenvalue weighted by atomic mass is 35.5. The molecule has 1 N–H and O–H groups in total. The summed E-state index contributed by atoms with van der Waals surface area (Å²) in [5.74, 6) is -0.239. The molecular weight excluding hydrogens is 237 g/mol. The fourth-order valence-electron chi connectivity index (χ4n) is 2.57. The summed E-state index contributed by atoms with van der Waals surface area (Å²) in [6.45, 7) is 4.06. The second-order valence-corrected chi connectivity index (χ2v) is 5.43. The molecule has 1 aliphatic rings. The van der Waals surface area contributed by atoms with E-state index < -0.39 is 0 Å². The van der Waals surface area contributed by atoms with Crippen molar-refractivity contribution in [1.29, 1.82) is 0 Å². The summed E-state index contributed by atoms with van der Waals surface area (Å²) in [5, 5.41) is 3.63. The van der Waals surface area contributed by atoms with Crippen LogP contribution in [0, 0.1) is 11.2 Å². The van der Waals surface area contributed by atoms with Crippen molar-refractivity contribution in [2.45, 2.75) is 32.6 Å². The van der Waals surface area contributed by atoms with Gasteiger partial charge in [0.15, 0.2) is 0 Å². The van der Waals surface area contributed by atoms with Crippen molar-refractivity contribution in [2.24, 2.45) is 5.41 Å². The molecule has 1 aliphatic carbocycles. The van der Waals surface area contributed by atoms with Crippen LogP contribution in [0.15, 0.2) is 18.2 Å². The molecule has 0 heterocycles. The fourth-order valence-corrected chi connectivity index (χ4v) is 2.77. The summed E-state index contributed by atoms with van der Waals surface area (Å²) in [7, 11) is 0. The lowest BCUT2D eigenvalue weighted by Gasteiger charge is -2.42. The zero-order valence-electron chi connectivity index (χ0n) is 10.2. The van der Waals surface area contributed by atoms with E-state index in [2.05, 4.69) is 12.2 Å². The molecule has 3 heteroatoms. The maximum absolute atomic E-state index is 13.9. The Morgan fingerprint density at radius 1 is 1.41 bits per heavy atom. The van der Waals surface area contributed by atoms with E-state index in [0.29, 0.717) is 0 Å². The van der Waals surface area contributed by atoms with E-state index in [0.717, 1.165) is 25.1 Å². The van der Waals surface area contributed by atoms with Crippen LogP contribution in [0.4, 0.5) is 4.39 Å². The number of hydrogen-bond donors (Lipinski definition) is 1. The van der Waals surface area contributed by atoms with Crippen molar-refractivity contribution >= 4 is 11.6 Å². The molecule has 0 spiro atoms. The first kappa shape index (κ1) is 12.8. The van der Waals surface area contributed by atoms with Crippen LogP contribution in [0.1, 0.15) is 31.7 Å². The SMILES string of the molecule is CCNCC1(Cc2cccc(Cl)c2F)CCC1. The van der Waals surface area contributed by atoms with Gasteiger partial charge in [-0.15, -0.1) is 0 Å². The van der Waals surface area contributed by atoms with Gasteiger partial charge in [0, 0.05) is 6.54 Å². The van der Waals surface area contributed by atoms with Crippen LogP contribution in [0.25, 0.3) is 0 Å². The van der Waals surface area contributed by atoms with Crippen molar-refractivity contribution in [3.63, 3.8) is 0 Å². The van der Waals surface area contributed by atoms with Crippen LogP contribution >= 0.6 is 11.6 Å². The molecule has 1 nitrogen and oxygen atoms in total. The van der Waals surface area contributed by atoms with Crippen LogP contribution in [0.2, 0.25) is 5.02 Å². The zero-order chi connectivity index (χ0) is 12.3. The van der Waals surface area contributed by atoms with Gasteiger partial charge in [-0.2, -0.15) is 0 Å². The van der Waals surface area contributed by atoms with E-state index >= 15 is 0 Å². The lowest BCUT2D eigenvalue weighted by Crippen LogP contribution is -2.41. The predicted octanol–water partition coefficient (Wildman–Crippen LogP) is 3.80. The van der Waals surface area contributed by atoms with Crippen LogP contribution in [0.3, 0.4) is 0 Å². The van der Waals surface area contributed by atoms with Crippen molar-refractivity contribution in [3.05, 3.63) is 34.6 Å². The topological polar surface area (TPSA) is 12.0 Å². The largest absolute Gasteiger partial charge is 0.316 e. The molecule has 2 rings (SSSR count). The van der Waals surface area contributed by atoms with Crippen LogP contribution in [-0.4, -0.2) is 13.1 Å². The minimum absolute atomic E-state index is 0.237. The smallest absolute Gasteiger partial charge is 0.144 e. The van der Waals surface area contributed by atoms with Crippen LogP contribution in [0.5, 0.6) is 0 Å². The molecule has 0 amide bonds. The van der Waals surface area contributed by atoms with Gasteiger partial charge in [-0.05, 0) is 42.9 Å². The molecule has 0 radical (unpaired) electrons. The Morgan fingerprint density at radius 2 is 2.18 bits per heavy atom. The first-order chi connectivity index (χ1) is 8.17. The normalized spacial score (nSPS) is 17.8. The third kappa shape index (κ3) is 2.80. The zero-order valence-corrected chi connectivity index (χ0v) is 11.0. The Hall–Kier alpha value is -0.600. The van der Waals surface area contributed by atoms with Crippen molar-refractivity contribution < 1.29 is 4.39 Å². The second kappa shape index (κ2) is 5.36. The maximum atomic E-state index is 13.9. The van der Waals surface area contributed by atoms with Gasteiger partial charge >= 0.3 is 0 Å². The molecule has 0 aromatic heterocycles. The van der Waals surface area contributed by atoms with Crippen molar-refractivity contribution in [2.75, 3.05) is 13.1 Å². The number of halogens is 2. The van der Waals surface area contributed by atoms with E-state index in [1.165, 1.54) is 19.3 Å². The Bertz CT molecular complexity index is 388. The minimum atomic E-state index is -0.239. The van der Waals surface area contributed by atoms with Gasteiger partial charge in [-0.25, -0.2) is 4.39 Å². The predicted molar refractivity (Wildman–Crippen MR) is 69.9 cm³/mol. The van der Waals surface area contributed by atoms with E-state index in [1.807, 2.05) is 12.1 Å². The molecular formula is C14H19ClFN. The Labute approximate surface area is 107 Å². The lowest BCUT2D eigenvalue weighted by atomic mass is 9.65. The summed E-state index contributed by atoms with van der Waals surface area (Å²) < 4.78 is 13.9. The van der Waals surface area contributed by atoms with Gasteiger partial charge in [0.05, 0.1) is 5.02 Å². The first-order valence-electron chi connectivity index (χ1n) is 6.30. The highest BCUT2D eigenvalue weighted by Gasteiger charge is 2.37. The highest BCUT2D eigenvalue weighted by molar-refractivity contribution is 6.30. The van der Waals surface area contributed by atoms with Crippen molar-refractivity contribution in [1.82, 2.24) is 5.32 Å². The maximum Gasteiger partial charge on any atom is 0.144 e. The van der Waals surface area contributed by atoms with Gasteiger partial charge in [-0.3, -0.25) is 0 Å². The molecule has 0 unspecified atom stereocenters. The van der Waals surface area contributed by atoms with E-state index in [-0.39, 0.29) is 16.3 Å². The number of hydrogen-bond acceptors (Lipinski definition) is 1. The monoisotopic (exact) mass is 255 g/mol. The standard InChI is InChI=1S/C14H19ClFN/c1-2-17-10-14(7-4-8-14)9-11-5-3-6-12(15)13(11)16/h3,5-6,17H,2,4,7-10H2,1H3. The van der Waals surface area contributed by atoms with Gasteiger partial charge in [-0.1, -0.05) is 37.1 Å². The molecule has 1 aromatic carbocycles. The Balaban J connectivity index is 2.10. The third-order valence-electron chi connectivity index (χ3n) is 3.76. The number of benzene rings is 1. The number of rotatable bonds is 5. The van der Waals surface area contributed by atoms with E-state index in [1.54, 1.807) is 6.07 Å². The third-order valence-corrected chi connectivity index (χ3v) is 4.05. The summed E-state index contributed by atoms with van der Waals surface area (Å²) >= 11 is 5.82. The average Bonchev–Trinajstić information content (AvgIpc) is 2.28. The molecule has 94 valence electrons. The van der Waals surface area contributed by atoms with E-state index in [9.17, 15) is 4.39 Å². The fraction of sp³-hybridized carbons (Fsp3) is 0.571. The Kier molecular flexibility index (Phi) is 4.05. The van der Waals surface area contributed by atoms with Gasteiger partial charge in [0.2, 0.25) is 0 Å². The first-order valence-corrected chi connectivity index (χ1v) is 6.68. The lowest BCUT2D eigenvalue weighted by molar-refractivity contribution is 0.129. The minimum Gasteiger partial charge on any atom is -0.316 e. The molecule has 0 saturated heterocycles. The van der Waals surface area contributed by atoms with E-state index in [4.69, 9.17) is 11.6 Å². The molecule has 0 atom stereocenters. The van der Waals surface area contributed by atoms with Crippen LogP contribution in [-0.2, 0) is 6.42 Å².